The van der Waals surface area contributed by atoms with Crippen LogP contribution in [0.3, 0.4) is 0 Å². The Kier molecular flexibility index (Phi) is 5.10. The van der Waals surface area contributed by atoms with E-state index in [9.17, 15) is 9.59 Å². The Bertz CT molecular complexity index is 593. The highest BCUT2D eigenvalue weighted by Gasteiger charge is 2.25. The molecule has 1 N–H and O–H groups in total. The van der Waals surface area contributed by atoms with Crippen LogP contribution in [0.15, 0.2) is 29.2 Å². The van der Waals surface area contributed by atoms with Crippen molar-refractivity contribution in [3.8, 4) is 0 Å². The molecular formula is C17H23N3O2S. The van der Waals surface area contributed by atoms with Gasteiger partial charge in [0.2, 0.25) is 5.91 Å². The van der Waals surface area contributed by atoms with Gasteiger partial charge in [0, 0.05) is 43.8 Å². The molecule has 2 aliphatic rings. The maximum Gasteiger partial charge on any atom is 0.317 e. The summed E-state index contributed by atoms with van der Waals surface area (Å²) in [5.74, 6) is 1.12. The molecular weight excluding hydrogens is 310 g/mol. The van der Waals surface area contributed by atoms with Crippen LogP contribution >= 0.6 is 11.8 Å². The van der Waals surface area contributed by atoms with Crippen LogP contribution in [0.2, 0.25) is 0 Å². The zero-order valence-corrected chi connectivity index (χ0v) is 14.3. The second kappa shape index (κ2) is 7.25. The van der Waals surface area contributed by atoms with E-state index >= 15 is 0 Å². The van der Waals surface area contributed by atoms with Crippen molar-refractivity contribution in [2.75, 3.05) is 31.9 Å². The molecule has 0 saturated carbocycles. The molecule has 1 fully saturated rings. The molecule has 1 aromatic carbocycles. The molecule has 0 spiro atoms. The van der Waals surface area contributed by atoms with Crippen LogP contribution in [0.25, 0.3) is 0 Å². The van der Waals surface area contributed by atoms with Gasteiger partial charge in [-0.05, 0) is 24.5 Å². The summed E-state index contributed by atoms with van der Waals surface area (Å²) in [6.07, 6.45) is 1.80. The second-order valence-electron chi connectivity index (χ2n) is 6.02. The zero-order chi connectivity index (χ0) is 16.2. The molecule has 1 aromatic rings. The van der Waals surface area contributed by atoms with Gasteiger partial charge in [-0.3, -0.25) is 4.79 Å². The number of nitrogens with zero attached hydrogens (tertiary/aromatic N) is 2. The van der Waals surface area contributed by atoms with Crippen molar-refractivity contribution < 1.29 is 9.59 Å². The Balaban J connectivity index is 1.63. The molecule has 1 atom stereocenters. The number of nitrogens with one attached hydrogen (secondary N) is 1. The molecule has 0 bridgehead atoms. The smallest absolute Gasteiger partial charge is 0.317 e. The van der Waals surface area contributed by atoms with E-state index in [0.717, 1.165) is 25.1 Å². The number of hydrogen-bond acceptors (Lipinski definition) is 3. The summed E-state index contributed by atoms with van der Waals surface area (Å²) in [6, 6.07) is 8.37. The lowest BCUT2D eigenvalue weighted by molar-refractivity contribution is -0.128. The number of benzene rings is 1. The number of amides is 3. The number of fused-ring (bicyclic) bond motifs is 1. The Hall–Kier alpha value is -1.69. The highest BCUT2D eigenvalue weighted by Crippen LogP contribution is 2.35. The lowest BCUT2D eigenvalue weighted by atomic mass is 10.0. The van der Waals surface area contributed by atoms with Crippen molar-refractivity contribution in [3.63, 3.8) is 0 Å². The summed E-state index contributed by atoms with van der Waals surface area (Å²) in [4.78, 5) is 29.0. The van der Waals surface area contributed by atoms with Gasteiger partial charge in [0.15, 0.2) is 0 Å². The van der Waals surface area contributed by atoms with E-state index in [1.54, 1.807) is 6.92 Å². The summed E-state index contributed by atoms with van der Waals surface area (Å²) in [6.45, 7) is 4.27. The molecule has 0 unspecified atom stereocenters. The maximum atomic E-state index is 12.6. The van der Waals surface area contributed by atoms with Crippen LogP contribution in [0, 0.1) is 0 Å². The van der Waals surface area contributed by atoms with Crippen LogP contribution in [-0.4, -0.2) is 53.7 Å². The highest BCUT2D eigenvalue weighted by atomic mass is 32.2. The van der Waals surface area contributed by atoms with Gasteiger partial charge in [0.05, 0.1) is 6.04 Å². The Morgan fingerprint density at radius 2 is 1.87 bits per heavy atom. The molecule has 1 saturated heterocycles. The van der Waals surface area contributed by atoms with Gasteiger partial charge in [0.25, 0.3) is 0 Å². The van der Waals surface area contributed by atoms with Crippen LogP contribution in [0.5, 0.6) is 0 Å². The van der Waals surface area contributed by atoms with Gasteiger partial charge in [-0.15, -0.1) is 11.8 Å². The molecule has 0 aliphatic carbocycles. The molecule has 2 aliphatic heterocycles. The third-order valence-corrected chi connectivity index (χ3v) is 5.61. The number of thioether (sulfide) groups is 1. The molecule has 6 heteroatoms. The fourth-order valence-electron chi connectivity index (χ4n) is 3.17. The minimum absolute atomic E-state index is 0.0119. The summed E-state index contributed by atoms with van der Waals surface area (Å²) in [7, 11) is 0. The quantitative estimate of drug-likeness (QED) is 0.859. The first-order valence-corrected chi connectivity index (χ1v) is 9.16. The number of urea groups is 1. The maximum absolute atomic E-state index is 12.6. The van der Waals surface area contributed by atoms with Crippen LogP contribution in [-0.2, 0) is 4.79 Å². The van der Waals surface area contributed by atoms with E-state index in [2.05, 4.69) is 17.4 Å². The largest absolute Gasteiger partial charge is 0.341 e. The zero-order valence-electron chi connectivity index (χ0n) is 13.5. The highest BCUT2D eigenvalue weighted by molar-refractivity contribution is 7.99. The Labute approximate surface area is 141 Å². The first-order chi connectivity index (χ1) is 11.1. The van der Waals surface area contributed by atoms with E-state index in [1.807, 2.05) is 33.7 Å². The Morgan fingerprint density at radius 3 is 2.70 bits per heavy atom. The summed E-state index contributed by atoms with van der Waals surface area (Å²) in [5.41, 5.74) is 1.22. The molecule has 0 aromatic heterocycles. The van der Waals surface area contributed by atoms with Gasteiger partial charge in [-0.25, -0.2) is 4.79 Å². The van der Waals surface area contributed by atoms with Crippen molar-refractivity contribution in [2.45, 2.75) is 30.7 Å². The lowest BCUT2D eigenvalue weighted by Crippen LogP contribution is -2.44. The fraction of sp³-hybridized carbons (Fsp3) is 0.529. The Morgan fingerprint density at radius 1 is 1.13 bits per heavy atom. The monoisotopic (exact) mass is 333 g/mol. The van der Waals surface area contributed by atoms with Crippen LogP contribution < -0.4 is 5.32 Å². The van der Waals surface area contributed by atoms with Crippen molar-refractivity contribution in [1.82, 2.24) is 15.1 Å². The van der Waals surface area contributed by atoms with Gasteiger partial charge in [0.1, 0.15) is 0 Å². The molecule has 23 heavy (non-hydrogen) atoms. The molecule has 3 rings (SSSR count). The number of hydrogen-bond donors (Lipinski definition) is 1. The van der Waals surface area contributed by atoms with E-state index < -0.39 is 0 Å². The van der Waals surface area contributed by atoms with E-state index in [4.69, 9.17) is 0 Å². The SMILES string of the molecule is CC(=O)N1CCCN(C(=O)N[C@H]2CCSc3ccccc32)CC1. The number of rotatable bonds is 1. The minimum atomic E-state index is -0.0119. The van der Waals surface area contributed by atoms with E-state index in [0.29, 0.717) is 19.6 Å². The summed E-state index contributed by atoms with van der Waals surface area (Å²) >= 11 is 1.85. The second-order valence-corrected chi connectivity index (χ2v) is 7.16. The standard InChI is InChI=1S/C17H23N3O2S/c1-13(21)19-8-4-9-20(11-10-19)17(22)18-15-7-12-23-16-6-3-2-5-14(15)16/h2-3,5-6,15H,4,7-12H2,1H3,(H,18,22)/t15-/m0/s1. The first kappa shape index (κ1) is 16.2. The normalized spacial score (nSPS) is 21.3. The van der Waals surface area contributed by atoms with E-state index in [1.165, 1.54) is 10.5 Å². The average Bonchev–Trinajstić information content (AvgIpc) is 2.81. The van der Waals surface area contributed by atoms with Crippen molar-refractivity contribution in [3.05, 3.63) is 29.8 Å². The van der Waals surface area contributed by atoms with Gasteiger partial charge < -0.3 is 15.1 Å². The molecule has 3 amide bonds. The third kappa shape index (κ3) is 3.80. The predicted molar refractivity (Wildman–Crippen MR) is 91.5 cm³/mol. The van der Waals surface area contributed by atoms with Crippen molar-refractivity contribution >= 4 is 23.7 Å². The summed E-state index contributed by atoms with van der Waals surface area (Å²) < 4.78 is 0. The molecule has 5 nitrogen and oxygen atoms in total. The fourth-order valence-corrected chi connectivity index (χ4v) is 4.29. The van der Waals surface area contributed by atoms with E-state index in [-0.39, 0.29) is 18.0 Å². The molecule has 0 radical (unpaired) electrons. The third-order valence-electron chi connectivity index (χ3n) is 4.48. The van der Waals surface area contributed by atoms with Gasteiger partial charge >= 0.3 is 6.03 Å². The van der Waals surface area contributed by atoms with Gasteiger partial charge in [-0.1, -0.05) is 18.2 Å². The predicted octanol–water partition coefficient (Wildman–Crippen LogP) is 2.49. The minimum Gasteiger partial charge on any atom is -0.341 e. The van der Waals surface area contributed by atoms with Crippen molar-refractivity contribution in [1.29, 1.82) is 0 Å². The van der Waals surface area contributed by atoms with Gasteiger partial charge in [-0.2, -0.15) is 0 Å². The summed E-state index contributed by atoms with van der Waals surface area (Å²) in [5, 5.41) is 3.19. The molecule has 2 heterocycles. The number of carbonyl (C=O) groups excluding carboxylic acids is 2. The van der Waals surface area contributed by atoms with Crippen molar-refractivity contribution in [2.24, 2.45) is 0 Å². The van der Waals surface area contributed by atoms with Crippen LogP contribution in [0.4, 0.5) is 4.79 Å². The lowest BCUT2D eigenvalue weighted by Gasteiger charge is -2.29. The topological polar surface area (TPSA) is 52.7 Å². The number of carbonyl (C=O) groups is 2. The molecule has 124 valence electrons. The van der Waals surface area contributed by atoms with Crippen LogP contribution in [0.1, 0.15) is 31.4 Å². The first-order valence-electron chi connectivity index (χ1n) is 8.18. The average molecular weight is 333 g/mol.